The average molecular weight is 475 g/mol. The molecule has 0 aliphatic carbocycles. The zero-order valence-corrected chi connectivity index (χ0v) is 21.2. The fourth-order valence-electron chi connectivity index (χ4n) is 5.42. The maximum Gasteiger partial charge on any atom is 0.277 e. The van der Waals surface area contributed by atoms with E-state index in [2.05, 4.69) is 30.8 Å². The molecule has 186 valence electrons. The summed E-state index contributed by atoms with van der Waals surface area (Å²) in [6.07, 6.45) is 4.59. The van der Waals surface area contributed by atoms with Crippen molar-refractivity contribution in [3.8, 4) is 11.3 Å². The quantitative estimate of drug-likeness (QED) is 0.364. The van der Waals surface area contributed by atoms with Gasteiger partial charge in [0.2, 0.25) is 0 Å². The Morgan fingerprint density at radius 3 is 2.77 bits per heavy atom. The first-order valence-electron chi connectivity index (χ1n) is 12.7. The zero-order chi connectivity index (χ0) is 24.9. The summed E-state index contributed by atoms with van der Waals surface area (Å²) < 4.78 is 1.92. The Hall–Kier alpha value is -3.03. The number of hydrogen-bond acceptors (Lipinski definition) is 5. The number of likely N-dealkylation sites (tertiary alicyclic amines) is 1. The molecule has 1 fully saturated rings. The van der Waals surface area contributed by atoms with E-state index in [1.807, 2.05) is 41.0 Å². The van der Waals surface area contributed by atoms with Gasteiger partial charge in [0.15, 0.2) is 0 Å². The van der Waals surface area contributed by atoms with Crippen molar-refractivity contribution >= 4 is 16.9 Å². The Labute approximate surface area is 208 Å². The number of para-hydroxylation sites is 2. The van der Waals surface area contributed by atoms with Crippen molar-refractivity contribution < 1.29 is 0 Å². The maximum atomic E-state index is 13.9. The molecule has 2 aromatic carbocycles. The van der Waals surface area contributed by atoms with Gasteiger partial charge in [-0.2, -0.15) is 0 Å². The maximum absolute atomic E-state index is 13.9. The highest BCUT2D eigenvalue weighted by atomic mass is 16.1. The van der Waals surface area contributed by atoms with Gasteiger partial charge in [-0.3, -0.25) is 15.1 Å². The van der Waals surface area contributed by atoms with Crippen molar-refractivity contribution in [3.05, 3.63) is 64.4 Å². The number of nitrogen functional groups attached to an aromatic ring is 1. The summed E-state index contributed by atoms with van der Waals surface area (Å²) in [5.41, 5.74) is 8.98. The van der Waals surface area contributed by atoms with Crippen molar-refractivity contribution in [2.24, 2.45) is 11.7 Å². The minimum atomic E-state index is -0.0904. The van der Waals surface area contributed by atoms with Gasteiger partial charge in [0, 0.05) is 36.8 Å². The number of fused-ring (bicyclic) bond motifs is 1. The molecule has 2 unspecified atom stereocenters. The van der Waals surface area contributed by atoms with E-state index in [9.17, 15) is 4.79 Å². The number of piperidine rings is 1. The van der Waals surface area contributed by atoms with Crippen molar-refractivity contribution in [2.45, 2.75) is 45.2 Å². The molecular weight excluding hydrogens is 436 g/mol. The van der Waals surface area contributed by atoms with E-state index in [-0.39, 0.29) is 11.4 Å². The Morgan fingerprint density at radius 1 is 1.23 bits per heavy atom. The molecular formula is C28H38N6O. The van der Waals surface area contributed by atoms with E-state index in [1.54, 1.807) is 12.1 Å². The number of aromatic nitrogens is 2. The molecule has 2 heterocycles. The molecule has 2 atom stereocenters. The average Bonchev–Trinajstić information content (AvgIpc) is 2.84. The minimum Gasteiger partial charge on any atom is -0.384 e. The Balaban J connectivity index is 1.74. The molecule has 0 amide bonds. The predicted octanol–water partition coefficient (Wildman–Crippen LogP) is 3.79. The van der Waals surface area contributed by atoms with Gasteiger partial charge in [-0.1, -0.05) is 43.7 Å². The topological polar surface area (TPSA) is 91.2 Å². The van der Waals surface area contributed by atoms with Crippen LogP contribution in [0, 0.1) is 11.3 Å². The molecule has 3 N–H and O–H groups in total. The van der Waals surface area contributed by atoms with Gasteiger partial charge >= 0.3 is 0 Å². The summed E-state index contributed by atoms with van der Waals surface area (Å²) in [6.45, 7) is 6.13. The van der Waals surface area contributed by atoms with Crippen LogP contribution in [0.2, 0.25) is 0 Å². The van der Waals surface area contributed by atoms with Crippen LogP contribution in [0.1, 0.15) is 38.2 Å². The van der Waals surface area contributed by atoms with Gasteiger partial charge in [0.05, 0.1) is 11.0 Å². The van der Waals surface area contributed by atoms with Gasteiger partial charge in [-0.15, -0.1) is 0 Å². The van der Waals surface area contributed by atoms with E-state index < -0.39 is 0 Å². The molecule has 0 spiro atoms. The van der Waals surface area contributed by atoms with E-state index in [1.165, 1.54) is 12.8 Å². The van der Waals surface area contributed by atoms with Crippen LogP contribution < -0.4 is 11.3 Å². The Bertz CT molecular complexity index is 1230. The predicted molar refractivity (Wildman–Crippen MR) is 144 cm³/mol. The fourth-order valence-corrected chi connectivity index (χ4v) is 5.42. The smallest absolute Gasteiger partial charge is 0.277 e. The highest BCUT2D eigenvalue weighted by molar-refractivity contribution is 5.96. The van der Waals surface area contributed by atoms with Crippen LogP contribution in [-0.4, -0.2) is 65.0 Å². The molecule has 0 radical (unpaired) electrons. The first kappa shape index (κ1) is 25.1. The molecule has 7 nitrogen and oxygen atoms in total. The molecule has 4 rings (SSSR count). The number of nitrogens with zero attached hydrogens (tertiary/aromatic N) is 4. The van der Waals surface area contributed by atoms with Gasteiger partial charge in [0.25, 0.3) is 5.56 Å². The van der Waals surface area contributed by atoms with Crippen molar-refractivity contribution in [1.29, 1.82) is 5.41 Å². The lowest BCUT2D eigenvalue weighted by atomic mass is 9.95. The van der Waals surface area contributed by atoms with Gasteiger partial charge in [0.1, 0.15) is 11.5 Å². The SMILES string of the molecule is CCCC(Cn1c(=O)c(-c2cccc(C(=N)N)c2)nc2ccccc21)N1CCCC(CN(C)C)C1. The number of rotatable bonds is 9. The molecule has 1 aliphatic heterocycles. The summed E-state index contributed by atoms with van der Waals surface area (Å²) in [5.74, 6) is 0.641. The molecule has 1 aromatic heterocycles. The summed E-state index contributed by atoms with van der Waals surface area (Å²) in [4.78, 5) is 23.5. The van der Waals surface area contributed by atoms with Crippen molar-refractivity contribution in [1.82, 2.24) is 19.4 Å². The molecule has 1 aliphatic rings. The third-order valence-electron chi connectivity index (χ3n) is 7.00. The van der Waals surface area contributed by atoms with Crippen LogP contribution >= 0.6 is 0 Å². The van der Waals surface area contributed by atoms with E-state index in [0.717, 1.165) is 43.5 Å². The molecule has 3 aromatic rings. The number of nitrogens with one attached hydrogen (secondary N) is 1. The fraction of sp³-hybridized carbons (Fsp3) is 0.464. The van der Waals surface area contributed by atoms with Crippen LogP contribution in [0.5, 0.6) is 0 Å². The largest absolute Gasteiger partial charge is 0.384 e. The van der Waals surface area contributed by atoms with Crippen LogP contribution in [0.15, 0.2) is 53.3 Å². The summed E-state index contributed by atoms with van der Waals surface area (Å²) in [5, 5.41) is 7.80. The molecule has 0 bridgehead atoms. The lowest BCUT2D eigenvalue weighted by Gasteiger charge is -2.39. The highest BCUT2D eigenvalue weighted by Gasteiger charge is 2.27. The van der Waals surface area contributed by atoms with Gasteiger partial charge in [-0.25, -0.2) is 4.98 Å². The van der Waals surface area contributed by atoms with E-state index in [0.29, 0.717) is 35.3 Å². The lowest BCUT2D eigenvalue weighted by Crippen LogP contribution is -2.47. The third kappa shape index (κ3) is 5.80. The van der Waals surface area contributed by atoms with Crippen LogP contribution in [0.4, 0.5) is 0 Å². The Kier molecular flexibility index (Phi) is 7.98. The standard InChI is InChI=1S/C28H38N6O/c1-4-9-23(33-15-8-10-20(18-33)17-32(2)3)19-34-25-14-6-5-13-24(25)31-26(28(34)35)21-11-7-12-22(16-21)27(29)30/h5-7,11-14,16,20,23H,4,8-10,15,17-19H2,1-3H3,(H3,29,30). The highest BCUT2D eigenvalue weighted by Crippen LogP contribution is 2.24. The summed E-state index contributed by atoms with van der Waals surface area (Å²) in [6, 6.07) is 15.4. The van der Waals surface area contributed by atoms with E-state index in [4.69, 9.17) is 16.1 Å². The number of amidine groups is 1. The van der Waals surface area contributed by atoms with Gasteiger partial charge < -0.3 is 15.2 Å². The third-order valence-corrected chi connectivity index (χ3v) is 7.00. The molecule has 7 heteroatoms. The lowest BCUT2D eigenvalue weighted by molar-refractivity contribution is 0.0940. The van der Waals surface area contributed by atoms with Crippen LogP contribution in [-0.2, 0) is 6.54 Å². The first-order valence-corrected chi connectivity index (χ1v) is 12.7. The van der Waals surface area contributed by atoms with Crippen molar-refractivity contribution in [2.75, 3.05) is 33.7 Å². The Morgan fingerprint density at radius 2 is 2.03 bits per heavy atom. The molecule has 35 heavy (non-hydrogen) atoms. The number of nitrogens with two attached hydrogens (primary N) is 1. The second-order valence-corrected chi connectivity index (χ2v) is 10.1. The number of benzene rings is 2. The molecule has 0 saturated carbocycles. The normalized spacial score (nSPS) is 17.7. The second-order valence-electron chi connectivity index (χ2n) is 10.1. The zero-order valence-electron chi connectivity index (χ0n) is 21.2. The summed E-state index contributed by atoms with van der Waals surface area (Å²) >= 11 is 0. The van der Waals surface area contributed by atoms with Crippen LogP contribution in [0.3, 0.4) is 0 Å². The second kappa shape index (κ2) is 11.1. The van der Waals surface area contributed by atoms with Crippen molar-refractivity contribution in [3.63, 3.8) is 0 Å². The molecule has 1 saturated heterocycles. The number of hydrogen-bond donors (Lipinski definition) is 2. The first-order chi connectivity index (χ1) is 16.9. The van der Waals surface area contributed by atoms with Gasteiger partial charge in [-0.05, 0) is 64.0 Å². The van der Waals surface area contributed by atoms with E-state index >= 15 is 0 Å². The monoisotopic (exact) mass is 474 g/mol. The minimum absolute atomic E-state index is 0.0200. The van der Waals surface area contributed by atoms with Crippen LogP contribution in [0.25, 0.3) is 22.3 Å². The summed E-state index contributed by atoms with van der Waals surface area (Å²) in [7, 11) is 4.29.